The zero-order valence-electron chi connectivity index (χ0n) is 69.3. The zero-order valence-corrected chi connectivity index (χ0v) is 70.1. The van der Waals surface area contributed by atoms with Gasteiger partial charge in [-0.25, -0.2) is 18.4 Å². The quantitative estimate of drug-likeness (QED) is 0.0386. The number of carbonyl (C=O) groups excluding carboxylic acids is 2. The summed E-state index contributed by atoms with van der Waals surface area (Å²) in [5, 5.41) is 71.4. The highest BCUT2D eigenvalue weighted by molar-refractivity contribution is 7.12. The molecule has 1 unspecified atom stereocenters. The lowest BCUT2D eigenvalue weighted by atomic mass is 10.0. The van der Waals surface area contributed by atoms with Crippen molar-refractivity contribution in [3.8, 4) is 57.3 Å². The molecule has 9 aromatic carbocycles. The van der Waals surface area contributed by atoms with E-state index in [4.69, 9.17) is 46.8 Å². The molecule has 1 atom stereocenters. The minimum absolute atomic E-state index is 0.0853. The standard InChI is InChI=1S/C20H15FN2O3.C19H15FN2O2.C19H16N2O2.C18H15NO2S.C13H10N2O3.C12H10N2O2/c1-25-20(24)18-10-9-17(26-18)19-15-8-7-14(21)11-16(15)23(22-19)12-13-5-3-2-4-6-13;20-14-6-8-16-17(10-14)22(11-13-4-2-1-3-5-13)21-19(16)18-9-7-15(12-23)24-18;22-13-15-10-11-18(23-15)19-16-8-4-5-9-17(16)21(20-19)12-14-6-2-1-3-7-14;20-11-13-6-7-16(21-13)17-18-14(8-9-22-18)15(19-17)10-12-4-2-1-3-5-12;1-17-13(16)11-7-6-10(18-11)12-8-4-2-3-5-9(8)14-15-12;15-7-8-5-6-11(16-8)12-9-3-1-2-4-10(9)13-14-12/h2-11H,12H2,1H3;1-10,23H,11-12H2;1-11,22H,12-13H2;1-9,15,20H,10-11H2;2-7H,1H3,(H,14,15);1-6,15H,7H2,(H,13,14). The van der Waals surface area contributed by atoms with E-state index in [1.165, 1.54) is 66.1 Å². The molecule has 129 heavy (non-hydrogen) atoms. The van der Waals surface area contributed by atoms with Crippen LogP contribution in [0.4, 0.5) is 8.78 Å². The second-order valence-electron chi connectivity index (χ2n) is 29.4. The summed E-state index contributed by atoms with van der Waals surface area (Å²) in [6.45, 7) is 1.27. The van der Waals surface area contributed by atoms with Gasteiger partial charge in [0.1, 0.15) is 95.3 Å². The number of para-hydroxylation sites is 3. The third kappa shape index (κ3) is 19.3. The molecule has 0 saturated heterocycles. The fourth-order valence-corrected chi connectivity index (χ4v) is 15.8. The number of nitrogens with zero attached hydrogens (tertiary/aromatic N) is 9. The molecule has 0 fully saturated rings. The molecule has 644 valence electrons. The number of methoxy groups -OCH3 is 2. The summed E-state index contributed by atoms with van der Waals surface area (Å²) in [5.74, 6) is 4.29. The molecule has 21 aromatic rings. The van der Waals surface area contributed by atoms with Crippen molar-refractivity contribution in [3.63, 3.8) is 0 Å². The van der Waals surface area contributed by atoms with Crippen LogP contribution in [-0.4, -0.2) is 102 Å². The fourth-order valence-electron chi connectivity index (χ4n) is 14.8. The highest BCUT2D eigenvalue weighted by Crippen LogP contribution is 2.40. The highest BCUT2D eigenvalue weighted by atomic mass is 32.1. The van der Waals surface area contributed by atoms with Gasteiger partial charge in [-0.15, -0.1) is 11.3 Å². The molecule has 0 aliphatic carbocycles. The maximum Gasteiger partial charge on any atom is 0.373 e. The van der Waals surface area contributed by atoms with Gasteiger partial charge in [0.2, 0.25) is 11.5 Å². The number of aromatic amines is 2. The Balaban J connectivity index is 0.000000109. The first-order valence-electron chi connectivity index (χ1n) is 40.9. The number of aliphatic imine (C=N–C) groups is 1. The topological polar surface area (TPSA) is 336 Å². The second kappa shape index (κ2) is 39.5. The maximum atomic E-state index is 13.8. The zero-order chi connectivity index (χ0) is 88.7. The van der Waals surface area contributed by atoms with Gasteiger partial charge in [-0.1, -0.05) is 176 Å². The lowest BCUT2D eigenvalue weighted by Gasteiger charge is -2.07. The van der Waals surface area contributed by atoms with Gasteiger partial charge in [0.25, 0.3) is 0 Å². The van der Waals surface area contributed by atoms with Crippen molar-refractivity contribution in [1.82, 2.24) is 49.7 Å². The molecular weight excluding hydrogens is 1660 g/mol. The van der Waals surface area contributed by atoms with Crippen molar-refractivity contribution in [1.29, 1.82) is 0 Å². The molecule has 0 amide bonds. The van der Waals surface area contributed by atoms with Crippen molar-refractivity contribution in [2.24, 2.45) is 4.99 Å². The second-order valence-corrected chi connectivity index (χ2v) is 30.4. The monoisotopic (exact) mass is 1740 g/mol. The van der Waals surface area contributed by atoms with Crippen molar-refractivity contribution in [2.45, 2.75) is 58.5 Å². The Labute approximate surface area is 738 Å². The summed E-state index contributed by atoms with van der Waals surface area (Å²) in [4.78, 5) is 29.0. The molecule has 0 radical (unpaired) electrons. The van der Waals surface area contributed by atoms with E-state index in [0.717, 1.165) is 83.9 Å². The number of fused-ring (bicyclic) bond motifs is 6. The molecule has 0 spiro atoms. The largest absolute Gasteiger partial charge is 0.463 e. The van der Waals surface area contributed by atoms with E-state index < -0.39 is 11.9 Å². The number of aromatic nitrogens is 10. The van der Waals surface area contributed by atoms with E-state index in [1.54, 1.807) is 81.4 Å². The van der Waals surface area contributed by atoms with Crippen LogP contribution in [0.3, 0.4) is 0 Å². The van der Waals surface area contributed by atoms with E-state index in [2.05, 4.69) is 94.0 Å². The van der Waals surface area contributed by atoms with Gasteiger partial charge >= 0.3 is 11.9 Å². The Hall–Kier alpha value is -16.0. The van der Waals surface area contributed by atoms with E-state index in [9.17, 15) is 28.6 Å². The first-order valence-corrected chi connectivity index (χ1v) is 41.8. The number of esters is 2. The van der Waals surface area contributed by atoms with Crippen LogP contribution in [0.5, 0.6) is 0 Å². The van der Waals surface area contributed by atoms with E-state index in [1.807, 2.05) is 175 Å². The van der Waals surface area contributed by atoms with Gasteiger partial charge in [0.15, 0.2) is 34.6 Å². The molecule has 1 aliphatic heterocycles. The average molecular weight is 1740 g/mol. The molecule has 6 N–H and O–H groups in total. The fraction of sp³-hybridized carbons (Fsp3) is 0.109. The normalized spacial score (nSPS) is 12.0. The molecule has 28 heteroatoms. The van der Waals surface area contributed by atoms with Gasteiger partial charge in [0.05, 0.1) is 72.4 Å². The van der Waals surface area contributed by atoms with E-state index in [0.29, 0.717) is 99.6 Å². The van der Waals surface area contributed by atoms with Crippen LogP contribution in [0.2, 0.25) is 0 Å². The van der Waals surface area contributed by atoms with Crippen LogP contribution in [0, 0.1) is 11.6 Å². The number of hydrogen-bond donors (Lipinski definition) is 6. The summed E-state index contributed by atoms with van der Waals surface area (Å²) in [5.41, 5.74) is 14.5. The Kier molecular flexibility index (Phi) is 26.1. The molecule has 0 saturated carbocycles. The smallest absolute Gasteiger partial charge is 0.373 e. The Morgan fingerprint density at radius 1 is 0.372 bits per heavy atom. The van der Waals surface area contributed by atoms with Gasteiger partial charge in [-0.05, 0) is 173 Å². The summed E-state index contributed by atoms with van der Waals surface area (Å²) in [7, 11) is 2.60. The van der Waals surface area contributed by atoms with Crippen molar-refractivity contribution >= 4 is 83.5 Å². The third-order valence-electron chi connectivity index (χ3n) is 21.0. The average Bonchev–Trinajstić information content (AvgIpc) is 1.64. The minimum Gasteiger partial charge on any atom is -0.463 e. The number of rotatable bonds is 20. The molecule has 12 aromatic heterocycles. The molecule has 25 nitrogen and oxygen atoms in total. The van der Waals surface area contributed by atoms with Crippen molar-refractivity contribution in [3.05, 3.63) is 399 Å². The SMILES string of the molecule is COC(=O)c1ccc(-c2n[nH]c3ccccc23)o1.COC(=O)c1ccc(-c2nn(Cc3ccccc3)c3cc(F)ccc23)o1.OCc1ccc(-c2n[nH]c3ccccc23)o1.OCc1ccc(-c2nn(Cc3ccccc3)c3cc(F)ccc23)o1.OCc1ccc(-c2nn(Cc3ccccc3)c3ccccc23)o1.OCc1ccc(C2=NC(Cc3ccccc3)c3ccsc32)o1. The molecule has 22 rings (SSSR count). The van der Waals surface area contributed by atoms with Crippen LogP contribution < -0.4 is 0 Å². The number of halogens is 2. The molecule has 0 bridgehead atoms. The lowest BCUT2D eigenvalue weighted by Crippen LogP contribution is -2.01. The van der Waals surface area contributed by atoms with Crippen LogP contribution in [0.15, 0.2) is 346 Å². The summed E-state index contributed by atoms with van der Waals surface area (Å²) >= 11 is 1.69. The number of aliphatic hydroxyl groups is 4. The van der Waals surface area contributed by atoms with Crippen LogP contribution >= 0.6 is 11.3 Å². The van der Waals surface area contributed by atoms with Crippen molar-refractivity contribution < 1.29 is 74.8 Å². The van der Waals surface area contributed by atoms with Gasteiger partial charge in [-0.2, -0.15) is 25.5 Å². The Bertz CT molecular complexity index is 7410. The van der Waals surface area contributed by atoms with Crippen molar-refractivity contribution in [2.75, 3.05) is 14.2 Å². The summed E-state index contributed by atoms with van der Waals surface area (Å²) in [6.07, 6.45) is 0.891. The van der Waals surface area contributed by atoms with Crippen LogP contribution in [0.25, 0.3) is 112 Å². The number of benzene rings is 9. The van der Waals surface area contributed by atoms with Crippen LogP contribution in [-0.2, 0) is 62.0 Å². The number of aliphatic hydroxyl groups excluding tert-OH is 4. The first-order chi connectivity index (χ1) is 63.3. The summed E-state index contributed by atoms with van der Waals surface area (Å²) < 4.78 is 75.7. The van der Waals surface area contributed by atoms with E-state index in [-0.39, 0.29) is 55.6 Å². The highest BCUT2D eigenvalue weighted by Gasteiger charge is 2.30. The molecular formula is C101H81F2N11O14S. The Morgan fingerprint density at radius 2 is 0.721 bits per heavy atom. The number of nitrogens with one attached hydrogen (secondary N) is 2. The predicted molar refractivity (Wildman–Crippen MR) is 484 cm³/mol. The number of carbonyl (C=O) groups is 2. The number of hydrogen-bond acceptors (Lipinski definition) is 21. The van der Waals surface area contributed by atoms with Crippen LogP contribution in [0.1, 0.15) is 88.6 Å². The van der Waals surface area contributed by atoms with Gasteiger partial charge in [-0.3, -0.25) is 29.2 Å². The van der Waals surface area contributed by atoms with E-state index >= 15 is 0 Å². The number of furan rings is 6. The first kappa shape index (κ1) is 85.2. The minimum atomic E-state index is -0.560. The molecule has 13 heterocycles. The Morgan fingerprint density at radius 3 is 1.15 bits per heavy atom. The number of thiophene rings is 1. The maximum absolute atomic E-state index is 13.8. The third-order valence-corrected chi connectivity index (χ3v) is 22.0. The molecule has 1 aliphatic rings. The number of H-pyrrole nitrogens is 2. The van der Waals surface area contributed by atoms with Gasteiger partial charge in [0, 0.05) is 26.9 Å². The summed E-state index contributed by atoms with van der Waals surface area (Å²) in [6, 6.07) is 96.2. The van der Waals surface area contributed by atoms with Gasteiger partial charge < -0.3 is 56.4 Å². The lowest BCUT2D eigenvalue weighted by molar-refractivity contribution is 0.0558. The number of ether oxygens (including phenoxy) is 2. The predicted octanol–water partition coefficient (Wildman–Crippen LogP) is 21.0.